The molecule has 1 atom stereocenters. The quantitative estimate of drug-likeness (QED) is 0.674. The Hall–Kier alpha value is -2.54. The zero-order valence-electron chi connectivity index (χ0n) is 14.6. The number of benzene rings is 2. The van der Waals surface area contributed by atoms with Gasteiger partial charge in [0.1, 0.15) is 11.5 Å². The average molecular weight is 421 g/mol. The second kappa shape index (κ2) is 9.82. The van der Waals surface area contributed by atoms with Crippen molar-refractivity contribution in [3.8, 4) is 11.5 Å². The molecule has 0 saturated carbocycles. The summed E-state index contributed by atoms with van der Waals surface area (Å²) in [4.78, 5) is 23.7. The average Bonchev–Trinajstić information content (AvgIpc) is 2.61. The van der Waals surface area contributed by atoms with Gasteiger partial charge in [0.2, 0.25) is 5.91 Å². The largest absolute Gasteiger partial charge is 0.493 e. The predicted molar refractivity (Wildman–Crippen MR) is 102 cm³/mol. The molecule has 0 bridgehead atoms. The van der Waals surface area contributed by atoms with Crippen molar-refractivity contribution >= 4 is 27.7 Å². The monoisotopic (exact) mass is 420 g/mol. The van der Waals surface area contributed by atoms with Gasteiger partial charge in [-0.2, -0.15) is 0 Å². The molecule has 0 aliphatic carbocycles. The summed E-state index contributed by atoms with van der Waals surface area (Å²) in [5, 5.41) is 0. The summed E-state index contributed by atoms with van der Waals surface area (Å²) in [6, 6.07) is 14.7. The zero-order chi connectivity index (χ0) is 18.9. The number of aryl methyl sites for hydroxylation is 1. The van der Waals surface area contributed by atoms with Crippen LogP contribution < -0.4 is 20.3 Å². The highest BCUT2D eigenvalue weighted by molar-refractivity contribution is 9.10. The number of rotatable bonds is 7. The van der Waals surface area contributed by atoms with Crippen LogP contribution in [0.5, 0.6) is 11.5 Å². The van der Waals surface area contributed by atoms with E-state index in [0.717, 1.165) is 10.0 Å². The van der Waals surface area contributed by atoms with E-state index in [1.807, 2.05) is 37.3 Å². The van der Waals surface area contributed by atoms with Crippen molar-refractivity contribution in [1.29, 1.82) is 0 Å². The summed E-state index contributed by atoms with van der Waals surface area (Å²) >= 11 is 3.33. The van der Waals surface area contributed by atoms with Crippen LogP contribution in [0.25, 0.3) is 0 Å². The summed E-state index contributed by atoms with van der Waals surface area (Å²) in [5.74, 6) is 0.459. The van der Waals surface area contributed by atoms with Crippen molar-refractivity contribution in [2.24, 2.45) is 0 Å². The number of nitrogens with one attached hydrogen (secondary N) is 2. The molecule has 7 heteroatoms. The molecule has 0 heterocycles. The Labute approximate surface area is 161 Å². The maximum atomic E-state index is 12.0. The smallest absolute Gasteiger partial charge is 0.279 e. The minimum atomic E-state index is -0.756. The highest BCUT2D eigenvalue weighted by Gasteiger charge is 2.15. The van der Waals surface area contributed by atoms with Crippen molar-refractivity contribution in [1.82, 2.24) is 10.9 Å². The van der Waals surface area contributed by atoms with Gasteiger partial charge in [-0.1, -0.05) is 39.7 Å². The maximum Gasteiger partial charge on any atom is 0.279 e. The minimum absolute atomic E-state index is 0.120. The maximum absolute atomic E-state index is 12.0. The third-order valence-electron chi connectivity index (χ3n) is 3.42. The van der Waals surface area contributed by atoms with Crippen LogP contribution >= 0.6 is 15.9 Å². The van der Waals surface area contributed by atoms with Gasteiger partial charge in [0.25, 0.3) is 5.91 Å². The van der Waals surface area contributed by atoms with Crippen LogP contribution in [-0.2, 0) is 9.59 Å². The Morgan fingerprint density at radius 3 is 2.50 bits per heavy atom. The van der Waals surface area contributed by atoms with E-state index in [9.17, 15) is 9.59 Å². The van der Waals surface area contributed by atoms with E-state index >= 15 is 0 Å². The van der Waals surface area contributed by atoms with Crippen LogP contribution in [0.4, 0.5) is 0 Å². The van der Waals surface area contributed by atoms with Gasteiger partial charge in [-0.25, -0.2) is 0 Å². The van der Waals surface area contributed by atoms with Gasteiger partial charge in [-0.15, -0.1) is 0 Å². The molecule has 26 heavy (non-hydrogen) atoms. The first-order chi connectivity index (χ1) is 12.4. The van der Waals surface area contributed by atoms with Gasteiger partial charge in [0.15, 0.2) is 6.10 Å². The number of hydrazine groups is 1. The fourth-order valence-electron chi connectivity index (χ4n) is 1.99. The number of amides is 2. The number of carbonyl (C=O) groups excluding carboxylic acids is 2. The lowest BCUT2D eigenvalue weighted by molar-refractivity contribution is -0.132. The van der Waals surface area contributed by atoms with Gasteiger partial charge in [-0.3, -0.25) is 20.4 Å². The zero-order valence-corrected chi connectivity index (χ0v) is 16.2. The van der Waals surface area contributed by atoms with E-state index in [2.05, 4.69) is 26.8 Å². The number of ether oxygens (including phenoxy) is 2. The molecule has 6 nitrogen and oxygen atoms in total. The Morgan fingerprint density at radius 1 is 1.08 bits per heavy atom. The van der Waals surface area contributed by atoms with Crippen molar-refractivity contribution in [3.05, 3.63) is 58.6 Å². The molecule has 0 radical (unpaired) electrons. The lowest BCUT2D eigenvalue weighted by Crippen LogP contribution is -2.47. The summed E-state index contributed by atoms with van der Waals surface area (Å²) in [7, 11) is 0. The summed E-state index contributed by atoms with van der Waals surface area (Å²) in [6.07, 6.45) is -0.636. The second-order valence-corrected chi connectivity index (χ2v) is 6.58. The highest BCUT2D eigenvalue weighted by atomic mass is 79.9. The molecule has 0 aliphatic rings. The molecule has 2 rings (SSSR count). The van der Waals surface area contributed by atoms with Crippen molar-refractivity contribution in [2.75, 3.05) is 6.61 Å². The van der Waals surface area contributed by atoms with Crippen molar-refractivity contribution in [3.63, 3.8) is 0 Å². The molecule has 0 fully saturated rings. The third kappa shape index (κ3) is 6.76. The number of carbonyl (C=O) groups is 2. The van der Waals surface area contributed by atoms with E-state index in [0.29, 0.717) is 11.5 Å². The highest BCUT2D eigenvalue weighted by Crippen LogP contribution is 2.18. The molecule has 0 aromatic heterocycles. The third-order valence-corrected chi connectivity index (χ3v) is 3.92. The SMILES string of the molecule is Cc1ccc(OCCC(=O)NNC(=O)C(C)Oc2cccc(Br)c2)cc1. The number of halogens is 1. The standard InChI is InChI=1S/C19H21BrN2O4/c1-13-6-8-16(9-7-13)25-11-10-18(23)21-22-19(24)14(2)26-17-5-3-4-15(20)12-17/h3-9,12,14H,10-11H2,1-2H3,(H,21,23)(H,22,24). The van der Waals surface area contributed by atoms with E-state index in [4.69, 9.17) is 9.47 Å². The Morgan fingerprint density at radius 2 is 1.81 bits per heavy atom. The molecule has 0 saturated heterocycles. The first-order valence-electron chi connectivity index (χ1n) is 8.14. The molecule has 138 valence electrons. The Kier molecular flexibility index (Phi) is 7.47. The molecule has 2 aromatic carbocycles. The van der Waals surface area contributed by atoms with E-state index in [1.54, 1.807) is 25.1 Å². The predicted octanol–water partition coefficient (Wildman–Crippen LogP) is 3.14. The number of hydrogen-bond acceptors (Lipinski definition) is 4. The lowest BCUT2D eigenvalue weighted by Gasteiger charge is -2.15. The van der Waals surface area contributed by atoms with Gasteiger partial charge in [0, 0.05) is 4.47 Å². The van der Waals surface area contributed by atoms with Gasteiger partial charge in [-0.05, 0) is 44.2 Å². The van der Waals surface area contributed by atoms with Crippen LogP contribution in [0.15, 0.2) is 53.0 Å². The van der Waals surface area contributed by atoms with Crippen LogP contribution in [0.3, 0.4) is 0 Å². The fourth-order valence-corrected chi connectivity index (χ4v) is 2.37. The van der Waals surface area contributed by atoms with Crippen molar-refractivity contribution in [2.45, 2.75) is 26.4 Å². The molecule has 2 aromatic rings. The van der Waals surface area contributed by atoms with Crippen LogP contribution in [0.2, 0.25) is 0 Å². The van der Waals surface area contributed by atoms with Gasteiger partial charge < -0.3 is 9.47 Å². The minimum Gasteiger partial charge on any atom is -0.493 e. The summed E-state index contributed by atoms with van der Waals surface area (Å²) < 4.78 is 11.8. The van der Waals surface area contributed by atoms with Gasteiger partial charge >= 0.3 is 0 Å². The first kappa shape index (κ1) is 19.8. The molecule has 1 unspecified atom stereocenters. The first-order valence-corrected chi connectivity index (χ1v) is 8.94. The fraction of sp³-hybridized carbons (Fsp3) is 0.263. The Bertz CT molecular complexity index is 749. The number of hydrogen-bond donors (Lipinski definition) is 2. The van der Waals surface area contributed by atoms with Crippen molar-refractivity contribution < 1.29 is 19.1 Å². The van der Waals surface area contributed by atoms with Crippen LogP contribution in [0, 0.1) is 6.92 Å². The normalized spacial score (nSPS) is 11.3. The summed E-state index contributed by atoms with van der Waals surface area (Å²) in [5.41, 5.74) is 5.83. The molecule has 2 N–H and O–H groups in total. The molecular weight excluding hydrogens is 400 g/mol. The Balaban J connectivity index is 1.67. The lowest BCUT2D eigenvalue weighted by atomic mass is 10.2. The molecular formula is C19H21BrN2O4. The molecule has 0 aliphatic heterocycles. The molecule has 2 amide bonds. The second-order valence-electron chi connectivity index (χ2n) is 5.67. The van der Waals surface area contributed by atoms with Gasteiger partial charge in [0.05, 0.1) is 13.0 Å². The van der Waals surface area contributed by atoms with Crippen LogP contribution in [0.1, 0.15) is 18.9 Å². The topological polar surface area (TPSA) is 76.7 Å². The summed E-state index contributed by atoms with van der Waals surface area (Å²) in [6.45, 7) is 3.80. The van der Waals surface area contributed by atoms with E-state index in [1.165, 1.54) is 0 Å². The van der Waals surface area contributed by atoms with E-state index in [-0.39, 0.29) is 18.9 Å². The van der Waals surface area contributed by atoms with E-state index < -0.39 is 12.0 Å². The molecule has 0 spiro atoms. The van der Waals surface area contributed by atoms with Crippen LogP contribution in [-0.4, -0.2) is 24.5 Å².